The van der Waals surface area contributed by atoms with Crippen molar-refractivity contribution in [1.29, 1.82) is 0 Å². The van der Waals surface area contributed by atoms with Crippen LogP contribution in [0.15, 0.2) is 32.5 Å². The first-order valence-corrected chi connectivity index (χ1v) is 8.44. The van der Waals surface area contributed by atoms with Crippen LogP contribution in [0.4, 0.5) is 0 Å². The minimum Gasteiger partial charge on any atom is -0.296 e. The average molecular weight is 405 g/mol. The molecule has 0 saturated heterocycles. The molecule has 0 saturated carbocycles. The first kappa shape index (κ1) is 17.3. The van der Waals surface area contributed by atoms with E-state index in [0.29, 0.717) is 15.9 Å². The zero-order chi connectivity index (χ0) is 18.5. The third-order valence-electron chi connectivity index (χ3n) is 4.28. The van der Waals surface area contributed by atoms with Crippen LogP contribution in [-0.4, -0.2) is 24.5 Å². The zero-order valence-electron chi connectivity index (χ0n) is 14.3. The van der Waals surface area contributed by atoms with Gasteiger partial charge in [0.1, 0.15) is 0 Å². The van der Waals surface area contributed by atoms with E-state index in [1.54, 1.807) is 17.7 Å². The first-order valence-electron chi connectivity index (χ1n) is 7.64. The lowest BCUT2D eigenvalue weighted by Gasteiger charge is -2.10. The topological polar surface area (TPSA) is 78.9 Å². The molecule has 0 N–H and O–H groups in total. The van der Waals surface area contributed by atoms with E-state index in [1.165, 1.54) is 11.6 Å². The van der Waals surface area contributed by atoms with E-state index in [0.717, 1.165) is 15.7 Å². The highest BCUT2D eigenvalue weighted by molar-refractivity contribution is 9.10. The second-order valence-corrected chi connectivity index (χ2v) is 6.80. The number of imidazole rings is 1. The van der Waals surface area contributed by atoms with Crippen LogP contribution in [-0.2, 0) is 20.6 Å². The van der Waals surface area contributed by atoms with Crippen LogP contribution in [0.1, 0.15) is 21.5 Å². The Morgan fingerprint density at radius 1 is 1.16 bits per heavy atom. The van der Waals surface area contributed by atoms with Gasteiger partial charge in [-0.3, -0.25) is 23.3 Å². The predicted octanol–water partition coefficient (Wildman–Crippen LogP) is 1.70. The normalized spacial score (nSPS) is 11.2. The lowest BCUT2D eigenvalue weighted by molar-refractivity contribution is 0.0971. The lowest BCUT2D eigenvalue weighted by atomic mass is 10.0. The minimum absolute atomic E-state index is 0.0264. The van der Waals surface area contributed by atoms with Crippen molar-refractivity contribution in [2.75, 3.05) is 0 Å². The molecule has 130 valence electrons. The van der Waals surface area contributed by atoms with Gasteiger partial charge in [-0.05, 0) is 35.3 Å². The number of fused-ring (bicyclic) bond motifs is 1. The highest BCUT2D eigenvalue weighted by atomic mass is 79.9. The second kappa shape index (κ2) is 6.11. The number of aromatic nitrogens is 4. The molecule has 0 atom stereocenters. The molecular formula is C17H17BrN4O3. The van der Waals surface area contributed by atoms with E-state index in [-0.39, 0.29) is 17.8 Å². The van der Waals surface area contributed by atoms with E-state index in [1.807, 2.05) is 26.0 Å². The SMILES string of the molecule is Cc1ccc(C(=O)Cn2c(Br)nc3c(=O)n(C)c(=O)n(C)c32)c(C)c1. The van der Waals surface area contributed by atoms with E-state index in [4.69, 9.17) is 0 Å². The van der Waals surface area contributed by atoms with E-state index < -0.39 is 11.2 Å². The summed E-state index contributed by atoms with van der Waals surface area (Å²) in [5.74, 6) is -0.120. The molecule has 0 radical (unpaired) electrons. The van der Waals surface area contributed by atoms with Gasteiger partial charge in [-0.15, -0.1) is 0 Å². The van der Waals surface area contributed by atoms with Gasteiger partial charge in [0.15, 0.2) is 21.7 Å². The minimum atomic E-state index is -0.489. The van der Waals surface area contributed by atoms with Gasteiger partial charge in [-0.25, -0.2) is 9.78 Å². The molecule has 3 aromatic rings. The summed E-state index contributed by atoms with van der Waals surface area (Å²) in [4.78, 5) is 41.4. The van der Waals surface area contributed by atoms with Gasteiger partial charge < -0.3 is 0 Å². The maximum atomic E-state index is 12.7. The molecule has 0 bridgehead atoms. The van der Waals surface area contributed by atoms with Gasteiger partial charge >= 0.3 is 5.69 Å². The number of carbonyl (C=O) groups is 1. The molecule has 0 fully saturated rings. The number of ketones is 1. The highest BCUT2D eigenvalue weighted by Crippen LogP contribution is 2.19. The molecule has 2 aromatic heterocycles. The molecule has 0 aliphatic carbocycles. The van der Waals surface area contributed by atoms with Crippen molar-refractivity contribution in [2.24, 2.45) is 14.1 Å². The first-order chi connectivity index (χ1) is 11.7. The van der Waals surface area contributed by atoms with Crippen LogP contribution in [0.2, 0.25) is 0 Å². The maximum Gasteiger partial charge on any atom is 0.332 e. The molecule has 8 heteroatoms. The third kappa shape index (κ3) is 2.76. The fourth-order valence-corrected chi connectivity index (χ4v) is 3.43. The van der Waals surface area contributed by atoms with Gasteiger partial charge in [-0.1, -0.05) is 23.8 Å². The van der Waals surface area contributed by atoms with Gasteiger partial charge in [0.2, 0.25) is 0 Å². The summed E-state index contributed by atoms with van der Waals surface area (Å²) < 4.78 is 4.20. The summed E-state index contributed by atoms with van der Waals surface area (Å²) in [6.45, 7) is 3.82. The third-order valence-corrected chi connectivity index (χ3v) is 4.88. The molecule has 1 aromatic carbocycles. The average Bonchev–Trinajstić information content (AvgIpc) is 2.87. The highest BCUT2D eigenvalue weighted by Gasteiger charge is 2.20. The number of halogens is 1. The monoisotopic (exact) mass is 404 g/mol. The van der Waals surface area contributed by atoms with Crippen molar-refractivity contribution < 1.29 is 4.79 Å². The quantitative estimate of drug-likeness (QED) is 0.491. The summed E-state index contributed by atoms with van der Waals surface area (Å²) in [7, 11) is 2.95. The van der Waals surface area contributed by atoms with Crippen LogP contribution in [0, 0.1) is 13.8 Å². The number of nitrogens with zero attached hydrogens (tertiary/aromatic N) is 4. The Morgan fingerprint density at radius 2 is 1.84 bits per heavy atom. The molecule has 0 unspecified atom stereocenters. The summed E-state index contributed by atoms with van der Waals surface area (Å²) in [5.41, 5.74) is 2.07. The Labute approximate surface area is 151 Å². The molecule has 0 aliphatic rings. The Bertz CT molecular complexity index is 1140. The van der Waals surface area contributed by atoms with Gasteiger partial charge in [0.25, 0.3) is 5.56 Å². The number of hydrogen-bond donors (Lipinski definition) is 0. The number of rotatable bonds is 3. The largest absolute Gasteiger partial charge is 0.332 e. The van der Waals surface area contributed by atoms with Crippen LogP contribution < -0.4 is 11.2 Å². The van der Waals surface area contributed by atoms with Crippen molar-refractivity contribution in [3.63, 3.8) is 0 Å². The van der Waals surface area contributed by atoms with E-state index >= 15 is 0 Å². The van der Waals surface area contributed by atoms with Crippen LogP contribution >= 0.6 is 15.9 Å². The Hall–Kier alpha value is -2.48. The molecule has 2 heterocycles. The van der Waals surface area contributed by atoms with Crippen molar-refractivity contribution >= 4 is 32.9 Å². The second-order valence-electron chi connectivity index (χ2n) is 6.09. The van der Waals surface area contributed by atoms with Crippen molar-refractivity contribution in [1.82, 2.24) is 18.7 Å². The van der Waals surface area contributed by atoms with Crippen molar-refractivity contribution in [2.45, 2.75) is 20.4 Å². The van der Waals surface area contributed by atoms with Crippen LogP contribution in [0.25, 0.3) is 11.2 Å². The summed E-state index contributed by atoms with van der Waals surface area (Å²) in [6, 6.07) is 5.62. The number of Topliss-reactive ketones (excluding diaryl/α,β-unsaturated/α-hetero) is 1. The fourth-order valence-electron chi connectivity index (χ4n) is 2.96. The fraction of sp³-hybridized carbons (Fsp3) is 0.294. The summed E-state index contributed by atoms with van der Waals surface area (Å²) >= 11 is 3.29. The summed E-state index contributed by atoms with van der Waals surface area (Å²) in [6.07, 6.45) is 0. The van der Waals surface area contributed by atoms with Crippen molar-refractivity contribution in [3.05, 3.63) is 60.5 Å². The zero-order valence-corrected chi connectivity index (χ0v) is 15.9. The van der Waals surface area contributed by atoms with E-state index in [9.17, 15) is 14.4 Å². The molecule has 3 rings (SSSR count). The van der Waals surface area contributed by atoms with Crippen LogP contribution in [0.3, 0.4) is 0 Å². The van der Waals surface area contributed by atoms with Gasteiger partial charge in [-0.2, -0.15) is 0 Å². The Balaban J connectivity index is 2.17. The lowest BCUT2D eigenvalue weighted by Crippen LogP contribution is -2.37. The molecule has 0 amide bonds. The number of aryl methyl sites for hydroxylation is 3. The molecule has 0 aliphatic heterocycles. The summed E-state index contributed by atoms with van der Waals surface area (Å²) in [5, 5.41) is 0. The maximum absolute atomic E-state index is 12.7. The number of hydrogen-bond acceptors (Lipinski definition) is 4. The predicted molar refractivity (Wildman–Crippen MR) is 98.2 cm³/mol. The molecule has 0 spiro atoms. The number of benzene rings is 1. The Kier molecular flexibility index (Phi) is 4.24. The van der Waals surface area contributed by atoms with Crippen molar-refractivity contribution in [3.8, 4) is 0 Å². The number of carbonyl (C=O) groups excluding carboxylic acids is 1. The smallest absolute Gasteiger partial charge is 0.296 e. The standard InChI is InChI=1S/C17H17BrN4O3/c1-9-5-6-11(10(2)7-9)12(23)8-22-14-13(19-16(22)18)15(24)21(4)17(25)20(14)3/h5-7H,8H2,1-4H3. The van der Waals surface area contributed by atoms with Gasteiger partial charge in [0, 0.05) is 19.7 Å². The van der Waals surface area contributed by atoms with E-state index in [2.05, 4.69) is 20.9 Å². The molecular weight excluding hydrogens is 388 g/mol. The molecule has 25 heavy (non-hydrogen) atoms. The van der Waals surface area contributed by atoms with Crippen LogP contribution in [0.5, 0.6) is 0 Å². The molecule has 7 nitrogen and oxygen atoms in total. The Morgan fingerprint density at radius 3 is 2.48 bits per heavy atom. The van der Waals surface area contributed by atoms with Gasteiger partial charge in [0.05, 0.1) is 6.54 Å².